The minimum atomic E-state index is 0. The predicted octanol–water partition coefficient (Wildman–Crippen LogP) is 4.33. The highest BCUT2D eigenvalue weighted by atomic mass is 127. The lowest BCUT2D eigenvalue weighted by atomic mass is 10.1. The van der Waals surface area contributed by atoms with Crippen LogP contribution in [0.2, 0.25) is 0 Å². The summed E-state index contributed by atoms with van der Waals surface area (Å²) in [5.41, 5.74) is 1.16. The van der Waals surface area contributed by atoms with Crippen LogP contribution in [-0.2, 0) is 11.2 Å². The fourth-order valence-corrected chi connectivity index (χ4v) is 3.91. The van der Waals surface area contributed by atoms with Crippen LogP contribution in [-0.4, -0.2) is 43.8 Å². The maximum atomic E-state index is 6.00. The molecule has 1 fully saturated rings. The average molecular weight is 494 g/mol. The summed E-state index contributed by atoms with van der Waals surface area (Å²) in [5, 5.41) is 10.1. The monoisotopic (exact) mass is 494 g/mol. The molecule has 2 N–H and O–H groups in total. The van der Waals surface area contributed by atoms with Gasteiger partial charge in [0, 0.05) is 37.9 Å². The molecule has 1 aromatic rings. The van der Waals surface area contributed by atoms with Gasteiger partial charge in [-0.3, -0.25) is 4.99 Å². The van der Waals surface area contributed by atoms with Crippen molar-refractivity contribution in [2.24, 2.45) is 4.99 Å². The van der Waals surface area contributed by atoms with Gasteiger partial charge in [-0.2, -0.15) is 0 Å². The Morgan fingerprint density at radius 3 is 2.54 bits per heavy atom. The molecule has 150 valence electrons. The molecule has 0 aliphatic heterocycles. The van der Waals surface area contributed by atoms with Gasteiger partial charge in [0.25, 0.3) is 0 Å². The number of nitrogens with one attached hydrogen (secondary N) is 2. The van der Waals surface area contributed by atoms with Gasteiger partial charge in [0.2, 0.25) is 0 Å². The Hall–Kier alpha value is -0.410. The number of ether oxygens (including phenoxy) is 1. The first-order chi connectivity index (χ1) is 12.2. The normalized spacial score (nSPS) is 16.2. The van der Waals surface area contributed by atoms with E-state index in [-0.39, 0.29) is 24.0 Å². The standard InChI is InChI=1S/C19H34N4OS.HI/c1-15(2)18-23-16(14-25-18)10-11-21-19(20-3)22-12-13-24-17-8-6-4-5-7-9-17;/h14-15,17H,4-13H2,1-3H3,(H2,20,21,22);1H. The second kappa shape index (κ2) is 13.7. The van der Waals surface area contributed by atoms with Crippen molar-refractivity contribution in [2.75, 3.05) is 26.7 Å². The van der Waals surface area contributed by atoms with Crippen molar-refractivity contribution in [2.45, 2.75) is 70.8 Å². The number of rotatable bonds is 8. The molecular formula is C19H35IN4OS. The van der Waals surface area contributed by atoms with E-state index in [0.717, 1.165) is 37.8 Å². The summed E-state index contributed by atoms with van der Waals surface area (Å²) in [5.74, 6) is 1.35. The summed E-state index contributed by atoms with van der Waals surface area (Å²) in [4.78, 5) is 8.94. The summed E-state index contributed by atoms with van der Waals surface area (Å²) in [6.45, 7) is 6.75. The Labute approximate surface area is 179 Å². The average Bonchev–Trinajstić information content (AvgIpc) is 2.93. The number of hydrogen-bond donors (Lipinski definition) is 2. The van der Waals surface area contributed by atoms with Crippen molar-refractivity contribution < 1.29 is 4.74 Å². The van der Waals surface area contributed by atoms with E-state index in [1.54, 1.807) is 18.4 Å². The summed E-state index contributed by atoms with van der Waals surface area (Å²) in [7, 11) is 1.81. The van der Waals surface area contributed by atoms with Crippen molar-refractivity contribution >= 4 is 41.3 Å². The second-order valence-electron chi connectivity index (χ2n) is 6.99. The molecule has 5 nitrogen and oxygen atoms in total. The lowest BCUT2D eigenvalue weighted by molar-refractivity contribution is 0.0468. The van der Waals surface area contributed by atoms with Crippen molar-refractivity contribution in [3.63, 3.8) is 0 Å². The third-order valence-electron chi connectivity index (χ3n) is 4.51. The number of aliphatic imine (C=N–C) groups is 1. The summed E-state index contributed by atoms with van der Waals surface area (Å²) < 4.78 is 6.00. The van der Waals surface area contributed by atoms with E-state index in [0.29, 0.717) is 12.0 Å². The second-order valence-corrected chi connectivity index (χ2v) is 7.88. The van der Waals surface area contributed by atoms with E-state index in [1.165, 1.54) is 43.5 Å². The highest BCUT2D eigenvalue weighted by Crippen LogP contribution is 2.20. The Morgan fingerprint density at radius 1 is 1.23 bits per heavy atom. The minimum absolute atomic E-state index is 0. The number of guanidine groups is 1. The Morgan fingerprint density at radius 2 is 1.92 bits per heavy atom. The molecule has 0 atom stereocenters. The first-order valence-corrected chi connectivity index (χ1v) is 10.6. The number of aromatic nitrogens is 1. The molecule has 0 bridgehead atoms. The highest BCUT2D eigenvalue weighted by Gasteiger charge is 2.12. The number of halogens is 1. The number of hydrogen-bond acceptors (Lipinski definition) is 4. The van der Waals surface area contributed by atoms with Crippen molar-refractivity contribution in [3.8, 4) is 0 Å². The largest absolute Gasteiger partial charge is 0.376 e. The van der Waals surface area contributed by atoms with Gasteiger partial charge in [-0.1, -0.05) is 39.5 Å². The van der Waals surface area contributed by atoms with E-state index >= 15 is 0 Å². The SMILES string of the molecule is CN=C(NCCOC1CCCCCC1)NCCc1csc(C(C)C)n1.I. The van der Waals surface area contributed by atoms with Crippen LogP contribution >= 0.6 is 35.3 Å². The number of thiazole rings is 1. The van der Waals surface area contributed by atoms with E-state index < -0.39 is 0 Å². The van der Waals surface area contributed by atoms with Gasteiger partial charge in [-0.25, -0.2) is 4.98 Å². The smallest absolute Gasteiger partial charge is 0.191 e. The van der Waals surface area contributed by atoms with Gasteiger partial charge in [0.1, 0.15) is 0 Å². The van der Waals surface area contributed by atoms with Crippen LogP contribution in [0.4, 0.5) is 0 Å². The molecule has 1 saturated carbocycles. The zero-order valence-electron chi connectivity index (χ0n) is 16.4. The third-order valence-corrected chi connectivity index (χ3v) is 5.70. The lowest BCUT2D eigenvalue weighted by Crippen LogP contribution is -2.40. The molecule has 26 heavy (non-hydrogen) atoms. The Balaban J connectivity index is 0.00000338. The van der Waals surface area contributed by atoms with E-state index in [9.17, 15) is 0 Å². The molecule has 0 aromatic carbocycles. The first kappa shape index (κ1) is 23.6. The summed E-state index contributed by atoms with van der Waals surface area (Å²) in [6, 6.07) is 0. The Kier molecular flexibility index (Phi) is 12.5. The maximum absolute atomic E-state index is 6.00. The molecule has 0 saturated heterocycles. The van der Waals surface area contributed by atoms with Gasteiger partial charge in [0.15, 0.2) is 5.96 Å². The molecule has 2 rings (SSSR count). The molecule has 0 spiro atoms. The zero-order chi connectivity index (χ0) is 17.9. The first-order valence-electron chi connectivity index (χ1n) is 9.69. The van der Waals surface area contributed by atoms with E-state index in [2.05, 4.69) is 39.8 Å². The van der Waals surface area contributed by atoms with Crippen LogP contribution in [0.25, 0.3) is 0 Å². The Bertz CT molecular complexity index is 513. The molecule has 7 heteroatoms. The van der Waals surface area contributed by atoms with Crippen LogP contribution < -0.4 is 10.6 Å². The van der Waals surface area contributed by atoms with Gasteiger partial charge in [-0.15, -0.1) is 35.3 Å². The highest BCUT2D eigenvalue weighted by molar-refractivity contribution is 14.0. The fraction of sp³-hybridized carbons (Fsp3) is 0.789. The van der Waals surface area contributed by atoms with Crippen molar-refractivity contribution in [1.82, 2.24) is 15.6 Å². The zero-order valence-corrected chi connectivity index (χ0v) is 19.6. The topological polar surface area (TPSA) is 58.5 Å². The number of nitrogens with zero attached hydrogens (tertiary/aromatic N) is 2. The van der Waals surface area contributed by atoms with Crippen LogP contribution in [0, 0.1) is 0 Å². The molecule has 1 aliphatic carbocycles. The maximum Gasteiger partial charge on any atom is 0.191 e. The molecule has 1 aliphatic rings. The van der Waals surface area contributed by atoms with Crippen molar-refractivity contribution in [1.29, 1.82) is 0 Å². The fourth-order valence-electron chi connectivity index (χ4n) is 3.04. The quantitative estimate of drug-likeness (QED) is 0.186. The molecule has 0 amide bonds. The van der Waals surface area contributed by atoms with Crippen LogP contribution in [0.3, 0.4) is 0 Å². The summed E-state index contributed by atoms with van der Waals surface area (Å²) in [6.07, 6.45) is 9.19. The van der Waals surface area contributed by atoms with Gasteiger partial charge < -0.3 is 15.4 Å². The van der Waals surface area contributed by atoms with Crippen LogP contribution in [0.15, 0.2) is 10.4 Å². The molecule has 0 unspecified atom stereocenters. The molecule has 1 heterocycles. The van der Waals surface area contributed by atoms with Gasteiger partial charge >= 0.3 is 0 Å². The van der Waals surface area contributed by atoms with E-state index in [4.69, 9.17) is 4.74 Å². The van der Waals surface area contributed by atoms with E-state index in [1.807, 2.05) is 0 Å². The minimum Gasteiger partial charge on any atom is -0.376 e. The lowest BCUT2D eigenvalue weighted by Gasteiger charge is -2.16. The van der Waals surface area contributed by atoms with Gasteiger partial charge in [-0.05, 0) is 12.8 Å². The predicted molar refractivity (Wildman–Crippen MR) is 122 cm³/mol. The molecular weight excluding hydrogens is 459 g/mol. The van der Waals surface area contributed by atoms with Crippen LogP contribution in [0.5, 0.6) is 0 Å². The summed E-state index contributed by atoms with van der Waals surface area (Å²) >= 11 is 1.75. The van der Waals surface area contributed by atoms with Crippen LogP contribution in [0.1, 0.15) is 69.0 Å². The molecule has 0 radical (unpaired) electrons. The van der Waals surface area contributed by atoms with Gasteiger partial charge in [0.05, 0.1) is 23.4 Å². The van der Waals surface area contributed by atoms with Crippen molar-refractivity contribution in [3.05, 3.63) is 16.1 Å². The molecule has 1 aromatic heterocycles. The third kappa shape index (κ3) is 8.99.